The lowest BCUT2D eigenvalue weighted by molar-refractivity contribution is 0.0785. The number of hydrogen-bond acceptors (Lipinski definition) is 3. The molecule has 0 fully saturated rings. The van der Waals surface area contributed by atoms with E-state index in [0.717, 1.165) is 17.1 Å². The van der Waals surface area contributed by atoms with Gasteiger partial charge in [0.25, 0.3) is 5.91 Å². The maximum atomic E-state index is 13.1. The number of halogens is 2. The van der Waals surface area contributed by atoms with Crippen LogP contribution in [0.4, 0.5) is 4.39 Å². The lowest BCUT2D eigenvalue weighted by atomic mass is 10.2. The average molecular weight is 285 g/mol. The van der Waals surface area contributed by atoms with Crippen molar-refractivity contribution >= 4 is 28.8 Å². The van der Waals surface area contributed by atoms with E-state index in [0.29, 0.717) is 6.54 Å². The van der Waals surface area contributed by atoms with Crippen LogP contribution in [0, 0.1) is 5.82 Å². The minimum atomic E-state index is -0.577. The first-order valence-corrected chi connectivity index (χ1v) is 6.42. The van der Waals surface area contributed by atoms with Crippen molar-refractivity contribution in [1.29, 1.82) is 0 Å². The maximum absolute atomic E-state index is 13.1. The van der Waals surface area contributed by atoms with Gasteiger partial charge in [-0.3, -0.25) is 4.79 Å². The SMILES string of the molecule is CN(Cc1cccs1)C(=O)c1cc(F)cnc1Cl. The van der Waals surface area contributed by atoms with Crippen molar-refractivity contribution in [3.05, 3.63) is 51.2 Å². The van der Waals surface area contributed by atoms with Gasteiger partial charge in [0.15, 0.2) is 0 Å². The molecule has 0 saturated carbocycles. The molecule has 3 nitrogen and oxygen atoms in total. The van der Waals surface area contributed by atoms with E-state index in [1.807, 2.05) is 17.5 Å². The van der Waals surface area contributed by atoms with E-state index in [1.54, 1.807) is 18.4 Å². The molecular formula is C12H10ClFN2OS. The molecule has 0 bridgehead atoms. The fraction of sp³-hybridized carbons (Fsp3) is 0.167. The number of carbonyl (C=O) groups excluding carboxylic acids is 1. The molecule has 0 aliphatic carbocycles. The molecule has 2 aromatic rings. The summed E-state index contributed by atoms with van der Waals surface area (Å²) in [5.41, 5.74) is 0.0794. The van der Waals surface area contributed by atoms with Crippen LogP contribution in [-0.2, 0) is 6.54 Å². The highest BCUT2D eigenvalue weighted by Gasteiger charge is 2.17. The second-order valence-electron chi connectivity index (χ2n) is 3.73. The third-order valence-electron chi connectivity index (χ3n) is 2.36. The highest BCUT2D eigenvalue weighted by molar-refractivity contribution is 7.09. The van der Waals surface area contributed by atoms with Crippen molar-refractivity contribution in [2.75, 3.05) is 7.05 Å². The van der Waals surface area contributed by atoms with Crippen LogP contribution in [0.15, 0.2) is 29.8 Å². The van der Waals surface area contributed by atoms with Gasteiger partial charge in [-0.1, -0.05) is 17.7 Å². The zero-order valence-electron chi connectivity index (χ0n) is 9.56. The van der Waals surface area contributed by atoms with Gasteiger partial charge in [0.2, 0.25) is 0 Å². The van der Waals surface area contributed by atoms with E-state index in [9.17, 15) is 9.18 Å². The van der Waals surface area contributed by atoms with E-state index in [-0.39, 0.29) is 16.6 Å². The number of pyridine rings is 1. The van der Waals surface area contributed by atoms with Gasteiger partial charge in [0, 0.05) is 11.9 Å². The molecule has 0 radical (unpaired) electrons. The Morgan fingerprint density at radius 2 is 2.39 bits per heavy atom. The number of nitrogens with zero attached hydrogens (tertiary/aromatic N) is 2. The Labute approximate surface area is 113 Å². The van der Waals surface area contributed by atoms with Gasteiger partial charge in [0.05, 0.1) is 18.3 Å². The molecule has 0 atom stereocenters. The predicted molar refractivity (Wildman–Crippen MR) is 69.3 cm³/mol. The molecule has 0 unspecified atom stereocenters. The minimum Gasteiger partial charge on any atom is -0.336 e. The van der Waals surface area contributed by atoms with E-state index >= 15 is 0 Å². The van der Waals surface area contributed by atoms with Crippen LogP contribution in [-0.4, -0.2) is 22.8 Å². The molecule has 0 aliphatic heterocycles. The van der Waals surface area contributed by atoms with Gasteiger partial charge in [-0.05, 0) is 17.5 Å². The van der Waals surface area contributed by atoms with Gasteiger partial charge in [-0.15, -0.1) is 11.3 Å². The van der Waals surface area contributed by atoms with Gasteiger partial charge in [-0.2, -0.15) is 0 Å². The fourth-order valence-corrected chi connectivity index (χ4v) is 2.43. The molecule has 94 valence electrons. The van der Waals surface area contributed by atoms with Crippen molar-refractivity contribution in [1.82, 2.24) is 9.88 Å². The Morgan fingerprint density at radius 1 is 1.61 bits per heavy atom. The van der Waals surface area contributed by atoms with E-state index in [2.05, 4.69) is 4.98 Å². The molecular weight excluding hydrogens is 275 g/mol. The van der Waals surface area contributed by atoms with Gasteiger partial charge >= 0.3 is 0 Å². The summed E-state index contributed by atoms with van der Waals surface area (Å²) in [7, 11) is 1.64. The topological polar surface area (TPSA) is 33.2 Å². The van der Waals surface area contributed by atoms with Crippen LogP contribution in [0.1, 0.15) is 15.2 Å². The minimum absolute atomic E-state index is 0.0134. The fourth-order valence-electron chi connectivity index (χ4n) is 1.49. The van der Waals surface area contributed by atoms with Gasteiger partial charge in [-0.25, -0.2) is 9.37 Å². The second-order valence-corrected chi connectivity index (χ2v) is 5.12. The zero-order chi connectivity index (χ0) is 13.1. The lowest BCUT2D eigenvalue weighted by Crippen LogP contribution is -2.26. The lowest BCUT2D eigenvalue weighted by Gasteiger charge is -2.16. The summed E-state index contributed by atoms with van der Waals surface area (Å²) in [4.78, 5) is 18.2. The highest BCUT2D eigenvalue weighted by Crippen LogP contribution is 2.18. The number of hydrogen-bond donors (Lipinski definition) is 0. The standard InChI is InChI=1S/C12H10ClFN2OS/c1-16(7-9-3-2-4-18-9)12(17)10-5-8(14)6-15-11(10)13/h2-6H,7H2,1H3. The smallest absolute Gasteiger partial charge is 0.257 e. The van der Waals surface area contributed by atoms with Crippen molar-refractivity contribution in [3.8, 4) is 0 Å². The summed E-state index contributed by atoms with van der Waals surface area (Å²) in [5, 5.41) is 1.95. The van der Waals surface area contributed by atoms with Crippen LogP contribution in [0.5, 0.6) is 0 Å². The molecule has 0 aromatic carbocycles. The molecule has 0 spiro atoms. The summed E-state index contributed by atoms with van der Waals surface area (Å²) in [6, 6.07) is 4.94. The molecule has 1 amide bonds. The third kappa shape index (κ3) is 2.86. The largest absolute Gasteiger partial charge is 0.336 e. The monoisotopic (exact) mass is 284 g/mol. The average Bonchev–Trinajstić information content (AvgIpc) is 2.84. The summed E-state index contributed by atoms with van der Waals surface area (Å²) in [6.45, 7) is 0.462. The van der Waals surface area contributed by atoms with Crippen molar-refractivity contribution in [2.45, 2.75) is 6.54 Å². The van der Waals surface area contributed by atoms with Crippen LogP contribution in [0.2, 0.25) is 5.15 Å². The third-order valence-corrected chi connectivity index (χ3v) is 3.52. The maximum Gasteiger partial charge on any atom is 0.257 e. The molecule has 0 aliphatic rings. The predicted octanol–water partition coefficient (Wildman–Crippen LogP) is 3.21. The van der Waals surface area contributed by atoms with Crippen LogP contribution >= 0.6 is 22.9 Å². The van der Waals surface area contributed by atoms with Gasteiger partial charge < -0.3 is 4.90 Å². The first kappa shape index (κ1) is 13.0. The summed E-state index contributed by atoms with van der Waals surface area (Å²) in [5.74, 6) is -0.923. The van der Waals surface area contributed by atoms with Gasteiger partial charge in [0.1, 0.15) is 11.0 Å². The quantitative estimate of drug-likeness (QED) is 0.811. The van der Waals surface area contributed by atoms with Crippen LogP contribution in [0.3, 0.4) is 0 Å². The highest BCUT2D eigenvalue weighted by atomic mass is 35.5. The Balaban J connectivity index is 2.17. The summed E-state index contributed by atoms with van der Waals surface area (Å²) >= 11 is 7.35. The summed E-state index contributed by atoms with van der Waals surface area (Å²) in [6.07, 6.45) is 0.985. The number of rotatable bonds is 3. The molecule has 18 heavy (non-hydrogen) atoms. The number of carbonyl (C=O) groups is 1. The molecule has 2 aromatic heterocycles. The molecule has 6 heteroatoms. The first-order chi connectivity index (χ1) is 8.58. The molecule has 2 heterocycles. The van der Waals surface area contributed by atoms with Crippen molar-refractivity contribution < 1.29 is 9.18 Å². The van der Waals surface area contributed by atoms with Crippen molar-refractivity contribution in [2.24, 2.45) is 0 Å². The zero-order valence-corrected chi connectivity index (χ0v) is 11.1. The molecule has 0 N–H and O–H groups in total. The Hall–Kier alpha value is -1.46. The molecule has 0 saturated heterocycles. The summed E-state index contributed by atoms with van der Waals surface area (Å²) < 4.78 is 13.1. The normalized spacial score (nSPS) is 10.4. The Bertz CT molecular complexity index is 559. The van der Waals surface area contributed by atoms with E-state index < -0.39 is 5.82 Å². The van der Waals surface area contributed by atoms with E-state index in [1.165, 1.54) is 4.90 Å². The van der Waals surface area contributed by atoms with Crippen LogP contribution < -0.4 is 0 Å². The Morgan fingerprint density at radius 3 is 3.06 bits per heavy atom. The molecule has 2 rings (SSSR count). The number of thiophene rings is 1. The number of amides is 1. The van der Waals surface area contributed by atoms with Crippen molar-refractivity contribution in [3.63, 3.8) is 0 Å². The van der Waals surface area contributed by atoms with E-state index in [4.69, 9.17) is 11.6 Å². The second kappa shape index (κ2) is 5.46. The number of aromatic nitrogens is 1. The Kier molecular flexibility index (Phi) is 3.93. The van der Waals surface area contributed by atoms with Crippen LogP contribution in [0.25, 0.3) is 0 Å². The first-order valence-electron chi connectivity index (χ1n) is 5.17.